The number of aliphatic hydroxyl groups is 1. The molecule has 0 aromatic heterocycles. The van der Waals surface area contributed by atoms with Gasteiger partial charge in [-0.1, -0.05) is 42.0 Å². The van der Waals surface area contributed by atoms with E-state index in [-0.39, 0.29) is 6.61 Å². The van der Waals surface area contributed by atoms with Crippen molar-refractivity contribution < 1.29 is 5.11 Å². The Bertz CT molecular complexity index is 506. The lowest BCUT2D eigenvalue weighted by molar-refractivity contribution is 0.258. The van der Waals surface area contributed by atoms with E-state index in [1.165, 1.54) is 43.2 Å². The summed E-state index contributed by atoms with van der Waals surface area (Å²) in [6.45, 7) is 3.25. The lowest BCUT2D eigenvalue weighted by atomic mass is 9.91. The van der Waals surface area contributed by atoms with Crippen LogP contribution in [0.3, 0.4) is 0 Å². The molecule has 3 nitrogen and oxygen atoms in total. The Balaban J connectivity index is 1.41. The minimum absolute atomic E-state index is 0.245. The van der Waals surface area contributed by atoms with Crippen LogP contribution in [0.5, 0.6) is 0 Å². The Hall–Kier alpha value is -1.16. The fourth-order valence-electron chi connectivity index (χ4n) is 3.84. The van der Waals surface area contributed by atoms with E-state index in [0.717, 1.165) is 12.5 Å². The third kappa shape index (κ3) is 4.90. The molecule has 1 aromatic rings. The second kappa shape index (κ2) is 8.09. The third-order valence-corrected chi connectivity index (χ3v) is 5.29. The van der Waals surface area contributed by atoms with Crippen molar-refractivity contribution in [2.45, 2.75) is 57.2 Å². The van der Waals surface area contributed by atoms with Crippen molar-refractivity contribution in [1.29, 1.82) is 0 Å². The monoisotopic (exact) mass is 314 g/mol. The van der Waals surface area contributed by atoms with E-state index >= 15 is 0 Å². The van der Waals surface area contributed by atoms with Gasteiger partial charge >= 0.3 is 0 Å². The minimum atomic E-state index is 0.245. The Morgan fingerprint density at radius 3 is 2.52 bits per heavy atom. The zero-order valence-electron chi connectivity index (χ0n) is 14.2. The van der Waals surface area contributed by atoms with Gasteiger partial charge in [-0.3, -0.25) is 0 Å². The Morgan fingerprint density at radius 2 is 1.83 bits per heavy atom. The molecule has 126 valence electrons. The molecule has 2 atom stereocenters. The Kier molecular flexibility index (Phi) is 5.87. The number of rotatable bonds is 7. The van der Waals surface area contributed by atoms with Gasteiger partial charge in [0.05, 0.1) is 6.61 Å². The minimum Gasteiger partial charge on any atom is -0.395 e. The number of nitrogens with one attached hydrogen (secondary N) is 2. The third-order valence-electron chi connectivity index (χ3n) is 5.29. The fraction of sp³-hybridized carbons (Fsp3) is 0.600. The molecule has 2 saturated carbocycles. The van der Waals surface area contributed by atoms with Crippen LogP contribution in [0.1, 0.15) is 44.6 Å². The first-order chi connectivity index (χ1) is 11.3. The predicted molar refractivity (Wildman–Crippen MR) is 96.3 cm³/mol. The molecule has 2 fully saturated rings. The lowest BCUT2D eigenvalue weighted by Crippen LogP contribution is -2.41. The first kappa shape index (κ1) is 16.7. The van der Waals surface area contributed by atoms with Crippen molar-refractivity contribution in [2.75, 3.05) is 13.2 Å². The van der Waals surface area contributed by atoms with E-state index < -0.39 is 0 Å². The summed E-state index contributed by atoms with van der Waals surface area (Å²) in [4.78, 5) is 0. The normalized spacial score (nSPS) is 31.1. The molecular weight excluding hydrogens is 284 g/mol. The van der Waals surface area contributed by atoms with E-state index in [1.807, 2.05) is 0 Å². The molecule has 2 aliphatic carbocycles. The van der Waals surface area contributed by atoms with E-state index in [4.69, 9.17) is 5.11 Å². The highest BCUT2D eigenvalue weighted by Crippen LogP contribution is 2.39. The largest absolute Gasteiger partial charge is 0.395 e. The predicted octanol–water partition coefficient (Wildman–Crippen LogP) is 2.96. The summed E-state index contributed by atoms with van der Waals surface area (Å²) in [5.74, 6) is 0.723. The van der Waals surface area contributed by atoms with Gasteiger partial charge in [0.1, 0.15) is 0 Å². The fourth-order valence-corrected chi connectivity index (χ4v) is 3.84. The van der Waals surface area contributed by atoms with Crippen molar-refractivity contribution in [3.05, 3.63) is 41.5 Å². The smallest absolute Gasteiger partial charge is 0.0556 e. The lowest BCUT2D eigenvalue weighted by Gasteiger charge is -2.30. The molecular formula is C20H30N2O. The van der Waals surface area contributed by atoms with Crippen LogP contribution in [-0.4, -0.2) is 36.4 Å². The van der Waals surface area contributed by atoms with Crippen molar-refractivity contribution in [1.82, 2.24) is 10.6 Å². The van der Waals surface area contributed by atoms with Crippen LogP contribution in [0, 0.1) is 5.92 Å². The van der Waals surface area contributed by atoms with Gasteiger partial charge in [-0.25, -0.2) is 0 Å². The Labute approximate surface area is 140 Å². The van der Waals surface area contributed by atoms with E-state index in [1.54, 1.807) is 0 Å². The number of aliphatic hydroxyl groups excluding tert-OH is 1. The molecule has 0 bridgehead atoms. The molecule has 0 saturated heterocycles. The van der Waals surface area contributed by atoms with Gasteiger partial charge in [0.25, 0.3) is 0 Å². The SMILES string of the molecule is C/C(=C\c1ccccc1)[C@@H]1C[C@H]1N[C@H]1CC[C@H](NCCO)CC1. The summed E-state index contributed by atoms with van der Waals surface area (Å²) in [5.41, 5.74) is 2.82. The molecule has 0 aliphatic heterocycles. The van der Waals surface area contributed by atoms with Gasteiger partial charge in [-0.2, -0.15) is 0 Å². The average molecular weight is 314 g/mol. The summed E-state index contributed by atoms with van der Waals surface area (Å²) in [7, 11) is 0. The van der Waals surface area contributed by atoms with Gasteiger partial charge in [-0.05, 0) is 50.5 Å². The highest BCUT2D eigenvalue weighted by molar-refractivity contribution is 5.53. The van der Waals surface area contributed by atoms with Crippen molar-refractivity contribution in [2.24, 2.45) is 5.92 Å². The number of hydrogen-bond donors (Lipinski definition) is 3. The second-order valence-electron chi connectivity index (χ2n) is 7.14. The first-order valence-electron chi connectivity index (χ1n) is 9.10. The molecule has 1 aromatic carbocycles. The molecule has 0 amide bonds. The van der Waals surface area contributed by atoms with Gasteiger partial charge in [0, 0.05) is 24.7 Å². The van der Waals surface area contributed by atoms with Gasteiger partial charge in [0.15, 0.2) is 0 Å². The molecule has 2 aliphatic rings. The Morgan fingerprint density at radius 1 is 1.13 bits per heavy atom. The standard InChI is InChI=1S/C20H30N2O/c1-15(13-16-5-3-2-4-6-16)19-14-20(19)22-18-9-7-17(8-10-18)21-11-12-23/h2-6,13,17-23H,7-12,14H2,1H3/b15-13+/t17-,18-,19-,20+/m0/s1. The van der Waals surface area contributed by atoms with Crippen molar-refractivity contribution in [3.63, 3.8) is 0 Å². The first-order valence-corrected chi connectivity index (χ1v) is 9.10. The van der Waals surface area contributed by atoms with Crippen molar-refractivity contribution >= 4 is 6.08 Å². The quantitative estimate of drug-likeness (QED) is 0.725. The summed E-state index contributed by atoms with van der Waals surface area (Å²) in [5, 5.41) is 16.2. The van der Waals surface area contributed by atoms with Crippen LogP contribution in [0.25, 0.3) is 6.08 Å². The van der Waals surface area contributed by atoms with Gasteiger partial charge < -0.3 is 15.7 Å². The second-order valence-corrected chi connectivity index (χ2v) is 7.14. The number of benzene rings is 1. The van der Waals surface area contributed by atoms with Crippen LogP contribution < -0.4 is 10.6 Å². The maximum Gasteiger partial charge on any atom is 0.0556 e. The topological polar surface area (TPSA) is 44.3 Å². The summed E-state index contributed by atoms with van der Waals surface area (Å²) < 4.78 is 0. The summed E-state index contributed by atoms with van der Waals surface area (Å²) in [6.07, 6.45) is 8.60. The zero-order valence-corrected chi connectivity index (χ0v) is 14.2. The van der Waals surface area contributed by atoms with E-state index in [9.17, 15) is 0 Å². The molecule has 0 heterocycles. The molecule has 0 spiro atoms. The highest BCUT2D eigenvalue weighted by Gasteiger charge is 2.39. The molecule has 0 unspecified atom stereocenters. The van der Waals surface area contributed by atoms with Crippen LogP contribution in [0.4, 0.5) is 0 Å². The molecule has 23 heavy (non-hydrogen) atoms. The van der Waals surface area contributed by atoms with Crippen LogP contribution in [0.15, 0.2) is 35.9 Å². The van der Waals surface area contributed by atoms with Crippen LogP contribution in [0.2, 0.25) is 0 Å². The summed E-state index contributed by atoms with van der Waals surface area (Å²) in [6, 6.07) is 12.6. The number of hydrogen-bond acceptors (Lipinski definition) is 3. The van der Waals surface area contributed by atoms with Crippen molar-refractivity contribution in [3.8, 4) is 0 Å². The van der Waals surface area contributed by atoms with Crippen LogP contribution in [-0.2, 0) is 0 Å². The molecule has 3 N–H and O–H groups in total. The van der Waals surface area contributed by atoms with E-state index in [2.05, 4.69) is 54.0 Å². The highest BCUT2D eigenvalue weighted by atomic mass is 16.3. The summed E-state index contributed by atoms with van der Waals surface area (Å²) >= 11 is 0. The molecule has 3 rings (SSSR count). The zero-order chi connectivity index (χ0) is 16.1. The maximum absolute atomic E-state index is 8.88. The maximum atomic E-state index is 8.88. The average Bonchev–Trinajstić information content (AvgIpc) is 3.34. The van der Waals surface area contributed by atoms with Gasteiger partial charge in [0.2, 0.25) is 0 Å². The molecule has 3 heteroatoms. The van der Waals surface area contributed by atoms with Crippen LogP contribution >= 0.6 is 0 Å². The van der Waals surface area contributed by atoms with Gasteiger partial charge in [-0.15, -0.1) is 0 Å². The molecule has 0 radical (unpaired) electrons. The van der Waals surface area contributed by atoms with E-state index in [0.29, 0.717) is 18.1 Å².